The largest absolute Gasteiger partial charge is 0.508 e. The van der Waals surface area contributed by atoms with Crippen LogP contribution in [0.4, 0.5) is 13.2 Å². The molecule has 1 aromatic rings. The average Bonchev–Trinajstić information content (AvgIpc) is 3.01. The van der Waals surface area contributed by atoms with Crippen molar-refractivity contribution in [2.45, 2.75) is 52.3 Å². The van der Waals surface area contributed by atoms with Crippen LogP contribution >= 0.6 is 11.8 Å². The second-order valence-electron chi connectivity index (χ2n) is 7.17. The van der Waals surface area contributed by atoms with Gasteiger partial charge in [-0.1, -0.05) is 13.8 Å². The summed E-state index contributed by atoms with van der Waals surface area (Å²) in [6.07, 6.45) is -0.672. The molecule has 2 atom stereocenters. The number of rotatable bonds is 6. The van der Waals surface area contributed by atoms with Gasteiger partial charge in [-0.25, -0.2) is 0 Å². The summed E-state index contributed by atoms with van der Waals surface area (Å²) in [5.74, 6) is -0.577. The Morgan fingerprint density at radius 2 is 2.03 bits per heavy atom. The van der Waals surface area contributed by atoms with Crippen LogP contribution in [0.5, 0.6) is 5.75 Å². The van der Waals surface area contributed by atoms with Gasteiger partial charge < -0.3 is 9.84 Å². The van der Waals surface area contributed by atoms with Gasteiger partial charge in [0.25, 0.3) is 0 Å². The van der Waals surface area contributed by atoms with Crippen LogP contribution in [0, 0.1) is 5.92 Å². The number of carbonyl (C=O) groups excluding carboxylic acids is 2. The number of benzene rings is 1. The number of aromatic hydroxyl groups is 1. The predicted molar refractivity (Wildman–Crippen MR) is 105 cm³/mol. The maximum absolute atomic E-state index is 13.0. The zero-order valence-corrected chi connectivity index (χ0v) is 17.4. The van der Waals surface area contributed by atoms with Crippen molar-refractivity contribution in [3.05, 3.63) is 52.1 Å². The Balaban J connectivity index is 2.28. The van der Waals surface area contributed by atoms with Crippen LogP contribution in [0.3, 0.4) is 0 Å². The van der Waals surface area contributed by atoms with Crippen molar-refractivity contribution in [1.29, 1.82) is 0 Å². The van der Waals surface area contributed by atoms with E-state index in [9.17, 15) is 27.9 Å². The zero-order valence-electron chi connectivity index (χ0n) is 16.6. The second-order valence-corrected chi connectivity index (χ2v) is 8.21. The number of allylic oxidation sites excluding steroid dienone is 2. The number of hydrogen-bond acceptors (Lipinski definition) is 5. The van der Waals surface area contributed by atoms with Gasteiger partial charge >= 0.3 is 6.18 Å². The number of ether oxygens (including phenoxy) is 1. The van der Waals surface area contributed by atoms with E-state index in [1.54, 1.807) is 19.9 Å². The van der Waals surface area contributed by atoms with Crippen LogP contribution in [0.2, 0.25) is 0 Å². The van der Waals surface area contributed by atoms with Crippen LogP contribution in [0.15, 0.2) is 41.0 Å². The van der Waals surface area contributed by atoms with Gasteiger partial charge in [0.2, 0.25) is 0 Å². The normalized spacial score (nSPS) is 20.8. The Kier molecular flexibility index (Phi) is 6.88. The maximum Gasteiger partial charge on any atom is 0.416 e. The van der Waals surface area contributed by atoms with E-state index < -0.39 is 17.3 Å². The fraction of sp³-hybridized carbons (Fsp3) is 0.429. The molecule has 0 radical (unpaired) electrons. The number of thioether (sulfide) groups is 1. The van der Waals surface area contributed by atoms with Crippen molar-refractivity contribution in [3.8, 4) is 5.75 Å². The fourth-order valence-electron chi connectivity index (χ4n) is 2.74. The van der Waals surface area contributed by atoms with Crippen LogP contribution in [0.1, 0.15) is 51.7 Å². The highest BCUT2D eigenvalue weighted by molar-refractivity contribution is 8.17. The quantitative estimate of drug-likeness (QED) is 0.588. The lowest BCUT2D eigenvalue weighted by Gasteiger charge is -2.27. The summed E-state index contributed by atoms with van der Waals surface area (Å²) in [5, 5.41) is 9.95. The van der Waals surface area contributed by atoms with Crippen LogP contribution in [-0.4, -0.2) is 16.0 Å². The Bertz CT molecular complexity index is 873. The first-order chi connectivity index (χ1) is 13.4. The number of hydrogen-bond donors (Lipinski definition) is 1. The molecule has 0 aliphatic carbocycles. The first-order valence-corrected chi connectivity index (χ1v) is 9.93. The van der Waals surface area contributed by atoms with E-state index in [4.69, 9.17) is 4.74 Å². The van der Waals surface area contributed by atoms with Gasteiger partial charge in [0.1, 0.15) is 17.1 Å². The number of phenols is 1. The van der Waals surface area contributed by atoms with Crippen molar-refractivity contribution in [2.24, 2.45) is 5.92 Å². The molecule has 2 rings (SSSR count). The van der Waals surface area contributed by atoms with Crippen LogP contribution < -0.4 is 0 Å². The van der Waals surface area contributed by atoms with Gasteiger partial charge in [-0.15, -0.1) is 0 Å². The standard InChI is InChI=1S/C21H23F3O4S/c1-5-12(2)19(27)29-18(13(3)25)11-15-8-9-20(4,28-15)16-10-14(21(22,23)24)6-7-17(16)26/h6-8,10-12,26H,5,9H2,1-4H3/b18-11-. The zero-order chi connectivity index (χ0) is 22.0. The molecule has 0 aromatic heterocycles. The van der Waals surface area contributed by atoms with Gasteiger partial charge in [0.15, 0.2) is 10.9 Å². The molecule has 29 heavy (non-hydrogen) atoms. The fourth-order valence-corrected chi connectivity index (χ4v) is 3.64. The molecule has 1 heterocycles. The minimum atomic E-state index is -4.55. The highest BCUT2D eigenvalue weighted by atomic mass is 32.2. The van der Waals surface area contributed by atoms with Crippen LogP contribution in [-0.2, 0) is 26.1 Å². The maximum atomic E-state index is 13.0. The molecule has 0 spiro atoms. The molecule has 158 valence electrons. The molecule has 4 nitrogen and oxygen atoms in total. The lowest BCUT2D eigenvalue weighted by Crippen LogP contribution is -2.22. The first-order valence-electron chi connectivity index (χ1n) is 9.11. The number of phenolic OH excluding ortho intramolecular Hbond substituents is 1. The molecule has 1 aromatic carbocycles. The van der Waals surface area contributed by atoms with E-state index in [2.05, 4.69) is 0 Å². The summed E-state index contributed by atoms with van der Waals surface area (Å²) in [5.41, 5.74) is -2.12. The van der Waals surface area contributed by atoms with E-state index in [-0.39, 0.29) is 45.2 Å². The topological polar surface area (TPSA) is 63.6 Å². The van der Waals surface area contributed by atoms with E-state index in [0.29, 0.717) is 6.42 Å². The van der Waals surface area contributed by atoms with Crippen molar-refractivity contribution in [1.82, 2.24) is 0 Å². The minimum Gasteiger partial charge on any atom is -0.508 e. The number of alkyl halides is 3. The highest BCUT2D eigenvalue weighted by Crippen LogP contribution is 2.44. The molecule has 1 aliphatic rings. The average molecular weight is 428 g/mol. The molecule has 0 amide bonds. The smallest absolute Gasteiger partial charge is 0.416 e. The van der Waals surface area contributed by atoms with E-state index in [0.717, 1.165) is 30.0 Å². The lowest BCUT2D eigenvalue weighted by molar-refractivity contribution is -0.137. The number of Topliss-reactive ketones (excluding diaryl/α,β-unsaturated/α-hetero) is 1. The summed E-state index contributed by atoms with van der Waals surface area (Å²) in [4.78, 5) is 24.3. The number of ketones is 1. The Morgan fingerprint density at radius 3 is 2.59 bits per heavy atom. The molecule has 0 bridgehead atoms. The summed E-state index contributed by atoms with van der Waals surface area (Å²) in [7, 11) is 0. The predicted octanol–water partition coefficient (Wildman–Crippen LogP) is 5.71. The van der Waals surface area contributed by atoms with E-state index in [1.165, 1.54) is 13.0 Å². The number of carbonyl (C=O) groups is 2. The van der Waals surface area contributed by atoms with Gasteiger partial charge in [-0.3, -0.25) is 9.59 Å². The molecule has 2 unspecified atom stereocenters. The van der Waals surface area contributed by atoms with Crippen LogP contribution in [0.25, 0.3) is 0 Å². The Hall–Kier alpha value is -2.22. The lowest BCUT2D eigenvalue weighted by atomic mass is 9.91. The highest BCUT2D eigenvalue weighted by Gasteiger charge is 2.38. The van der Waals surface area contributed by atoms with Gasteiger partial charge in [0, 0.05) is 17.9 Å². The van der Waals surface area contributed by atoms with E-state index in [1.807, 2.05) is 6.92 Å². The summed E-state index contributed by atoms with van der Waals surface area (Å²) in [6.45, 7) is 6.53. The SMILES string of the molecule is CCC(C)C(=O)S/C(=C\C1=CCC(C)(c2cc(C(F)(F)F)ccc2O)O1)C(C)=O. The summed E-state index contributed by atoms with van der Waals surface area (Å²) in [6, 6.07) is 2.65. The van der Waals surface area contributed by atoms with Gasteiger partial charge in [0.05, 0.1) is 10.5 Å². The molecule has 8 heteroatoms. The molecule has 0 saturated heterocycles. The third-order valence-electron chi connectivity index (χ3n) is 4.78. The summed E-state index contributed by atoms with van der Waals surface area (Å²) < 4.78 is 45.0. The third-order valence-corrected chi connectivity index (χ3v) is 6.00. The molecule has 0 fully saturated rings. The first kappa shape index (κ1) is 23.1. The minimum absolute atomic E-state index is 0.000292. The molecule has 1 N–H and O–H groups in total. The van der Waals surface area contributed by atoms with Gasteiger partial charge in [-0.05, 0) is 62.4 Å². The van der Waals surface area contributed by atoms with Crippen molar-refractivity contribution in [3.63, 3.8) is 0 Å². The van der Waals surface area contributed by atoms with Crippen molar-refractivity contribution in [2.75, 3.05) is 0 Å². The Morgan fingerprint density at radius 1 is 1.38 bits per heavy atom. The van der Waals surface area contributed by atoms with E-state index >= 15 is 0 Å². The molecular formula is C21H23F3O4S. The van der Waals surface area contributed by atoms with Crippen molar-refractivity contribution < 1.29 is 32.6 Å². The Labute approximate surface area is 171 Å². The monoisotopic (exact) mass is 428 g/mol. The molecule has 0 saturated carbocycles. The van der Waals surface area contributed by atoms with Gasteiger partial charge in [-0.2, -0.15) is 13.2 Å². The second kappa shape index (κ2) is 8.65. The van der Waals surface area contributed by atoms with Crippen molar-refractivity contribution >= 4 is 22.7 Å². The molecule has 1 aliphatic heterocycles. The summed E-state index contributed by atoms with van der Waals surface area (Å²) >= 11 is 0.831. The molecular weight excluding hydrogens is 405 g/mol. The third kappa shape index (κ3) is 5.44. The number of halogens is 3.